The lowest BCUT2D eigenvalue weighted by Crippen LogP contribution is -1.85. The van der Waals surface area contributed by atoms with Gasteiger partial charge in [0, 0.05) is 10.8 Å². The van der Waals surface area contributed by atoms with Gasteiger partial charge < -0.3 is 0 Å². The minimum absolute atomic E-state index is 1.05. The zero-order valence-corrected chi connectivity index (χ0v) is 12.0. The van der Waals surface area contributed by atoms with E-state index in [0.29, 0.717) is 0 Å². The number of rotatable bonds is 0. The van der Waals surface area contributed by atoms with Crippen LogP contribution in [0.15, 0.2) is 78.9 Å². The molecule has 1 aromatic heterocycles. The van der Waals surface area contributed by atoms with Gasteiger partial charge in [-0.2, -0.15) is 0 Å². The topological polar surface area (TPSA) is 12.9 Å². The van der Waals surface area contributed by atoms with Crippen LogP contribution in [0.3, 0.4) is 0 Å². The number of fused-ring (bicyclic) bond motifs is 6. The second-order valence-corrected chi connectivity index (χ2v) is 5.70. The highest BCUT2D eigenvalue weighted by Gasteiger charge is 2.06. The maximum absolute atomic E-state index is 4.81. The molecule has 0 saturated carbocycles. The molecule has 0 atom stereocenters. The van der Waals surface area contributed by atoms with Gasteiger partial charge in [0.15, 0.2) is 0 Å². The van der Waals surface area contributed by atoms with Gasteiger partial charge in [-0.1, -0.05) is 60.7 Å². The summed E-state index contributed by atoms with van der Waals surface area (Å²) in [4.78, 5) is 4.81. The Balaban J connectivity index is 2.02. The first-order valence-corrected chi connectivity index (χ1v) is 7.50. The zero-order chi connectivity index (χ0) is 14.5. The van der Waals surface area contributed by atoms with Crippen LogP contribution in [0.25, 0.3) is 43.4 Å². The van der Waals surface area contributed by atoms with E-state index in [1.54, 1.807) is 0 Å². The summed E-state index contributed by atoms with van der Waals surface area (Å²) in [5.41, 5.74) is 2.11. The third-order valence-electron chi connectivity index (χ3n) is 4.42. The van der Waals surface area contributed by atoms with Crippen molar-refractivity contribution in [1.82, 2.24) is 4.98 Å². The van der Waals surface area contributed by atoms with Crippen molar-refractivity contribution in [2.45, 2.75) is 0 Å². The number of hydrogen-bond acceptors (Lipinski definition) is 1. The van der Waals surface area contributed by atoms with E-state index in [4.69, 9.17) is 4.98 Å². The molecule has 0 unspecified atom stereocenters. The summed E-state index contributed by atoms with van der Waals surface area (Å²) >= 11 is 0. The Hall–Kier alpha value is -2.93. The molecule has 0 fully saturated rings. The van der Waals surface area contributed by atoms with Crippen LogP contribution < -0.4 is 0 Å². The molecule has 0 aliphatic carbocycles. The maximum Gasteiger partial charge on any atom is 0.0716 e. The molecule has 1 nitrogen and oxygen atoms in total. The van der Waals surface area contributed by atoms with E-state index in [0.717, 1.165) is 11.0 Å². The average Bonchev–Trinajstić information content (AvgIpc) is 2.59. The Morgan fingerprint density at radius 3 is 2.14 bits per heavy atom. The second-order valence-electron chi connectivity index (χ2n) is 5.70. The monoisotopic (exact) mass is 279 g/mol. The van der Waals surface area contributed by atoms with Crippen LogP contribution in [-0.2, 0) is 0 Å². The highest BCUT2D eigenvalue weighted by molar-refractivity contribution is 6.17. The van der Waals surface area contributed by atoms with Crippen LogP contribution in [0.4, 0.5) is 0 Å². The predicted octanol–water partition coefficient (Wildman–Crippen LogP) is 5.69. The fourth-order valence-electron chi connectivity index (χ4n) is 3.35. The van der Waals surface area contributed by atoms with Crippen molar-refractivity contribution < 1.29 is 0 Å². The van der Waals surface area contributed by atoms with Crippen molar-refractivity contribution in [3.05, 3.63) is 78.9 Å². The van der Waals surface area contributed by atoms with E-state index in [9.17, 15) is 0 Å². The lowest BCUT2D eigenvalue weighted by Gasteiger charge is -2.08. The second kappa shape index (κ2) is 4.28. The maximum atomic E-state index is 4.81. The smallest absolute Gasteiger partial charge is 0.0716 e. The Morgan fingerprint density at radius 1 is 0.455 bits per heavy atom. The van der Waals surface area contributed by atoms with Crippen LogP contribution in [-0.4, -0.2) is 4.98 Å². The van der Waals surface area contributed by atoms with Gasteiger partial charge in [-0.05, 0) is 39.7 Å². The fourth-order valence-corrected chi connectivity index (χ4v) is 3.35. The zero-order valence-electron chi connectivity index (χ0n) is 12.0. The normalized spacial score (nSPS) is 11.6. The Labute approximate surface area is 127 Å². The average molecular weight is 279 g/mol. The van der Waals surface area contributed by atoms with Crippen LogP contribution >= 0.6 is 0 Å². The summed E-state index contributed by atoms with van der Waals surface area (Å²) in [5.74, 6) is 0. The molecule has 1 heteroatoms. The molecule has 0 bridgehead atoms. The van der Waals surface area contributed by atoms with Gasteiger partial charge in [0.25, 0.3) is 0 Å². The van der Waals surface area contributed by atoms with Gasteiger partial charge in [0.05, 0.1) is 11.0 Å². The van der Waals surface area contributed by atoms with Crippen molar-refractivity contribution in [3.8, 4) is 0 Å². The van der Waals surface area contributed by atoms with Crippen molar-refractivity contribution >= 4 is 43.4 Å². The summed E-state index contributed by atoms with van der Waals surface area (Å²) in [6, 6.07) is 27.9. The molecule has 102 valence electrons. The summed E-state index contributed by atoms with van der Waals surface area (Å²) in [7, 11) is 0. The third-order valence-corrected chi connectivity index (χ3v) is 4.42. The number of benzene rings is 4. The van der Waals surface area contributed by atoms with Crippen molar-refractivity contribution in [2.75, 3.05) is 0 Å². The van der Waals surface area contributed by atoms with Crippen LogP contribution in [0.5, 0.6) is 0 Å². The lowest BCUT2D eigenvalue weighted by molar-refractivity contribution is 1.51. The van der Waals surface area contributed by atoms with E-state index < -0.39 is 0 Å². The quantitative estimate of drug-likeness (QED) is 0.262. The van der Waals surface area contributed by atoms with Crippen LogP contribution in [0.1, 0.15) is 0 Å². The number of nitrogens with zero attached hydrogens (tertiary/aromatic N) is 1. The first-order valence-electron chi connectivity index (χ1n) is 7.50. The summed E-state index contributed by atoms with van der Waals surface area (Å²) in [5, 5.41) is 7.56. The van der Waals surface area contributed by atoms with E-state index >= 15 is 0 Å². The van der Waals surface area contributed by atoms with E-state index in [-0.39, 0.29) is 0 Å². The first kappa shape index (κ1) is 11.7. The molecule has 0 radical (unpaired) electrons. The van der Waals surface area contributed by atoms with Crippen molar-refractivity contribution in [1.29, 1.82) is 0 Å². The van der Waals surface area contributed by atoms with Gasteiger partial charge in [0.1, 0.15) is 0 Å². The highest BCUT2D eigenvalue weighted by atomic mass is 14.7. The van der Waals surface area contributed by atoms with Gasteiger partial charge in [0.2, 0.25) is 0 Å². The number of para-hydroxylation sites is 1. The van der Waals surface area contributed by atoms with E-state index in [2.05, 4.69) is 72.8 Å². The number of hydrogen-bond donors (Lipinski definition) is 0. The Kier molecular flexibility index (Phi) is 2.28. The van der Waals surface area contributed by atoms with Gasteiger partial charge in [-0.25, -0.2) is 4.98 Å². The highest BCUT2D eigenvalue weighted by Crippen LogP contribution is 2.31. The fraction of sp³-hybridized carbons (Fsp3) is 0. The molecular weight excluding hydrogens is 266 g/mol. The Morgan fingerprint density at radius 2 is 1.18 bits per heavy atom. The van der Waals surface area contributed by atoms with Crippen molar-refractivity contribution in [3.63, 3.8) is 0 Å². The van der Waals surface area contributed by atoms with Crippen LogP contribution in [0.2, 0.25) is 0 Å². The molecule has 0 N–H and O–H groups in total. The minimum atomic E-state index is 1.05. The molecule has 5 rings (SSSR count). The standard InChI is InChI=1S/C21H13N/c1-3-7-16-14(5-1)9-10-18-17(16)11-12-21-19(18)13-15-6-2-4-8-20(15)22-21/h1-13H. The van der Waals surface area contributed by atoms with Crippen LogP contribution in [0, 0.1) is 0 Å². The Bertz CT molecular complexity index is 1170. The molecule has 0 aliphatic heterocycles. The summed E-state index contributed by atoms with van der Waals surface area (Å²) < 4.78 is 0. The number of aromatic nitrogens is 1. The molecule has 0 spiro atoms. The predicted molar refractivity (Wildman–Crippen MR) is 94.3 cm³/mol. The largest absolute Gasteiger partial charge is 0.248 e. The molecule has 22 heavy (non-hydrogen) atoms. The third kappa shape index (κ3) is 1.57. The first-order chi connectivity index (χ1) is 10.9. The summed E-state index contributed by atoms with van der Waals surface area (Å²) in [6.45, 7) is 0. The molecule has 0 amide bonds. The van der Waals surface area contributed by atoms with Gasteiger partial charge in [-0.3, -0.25) is 0 Å². The molecule has 0 saturated heterocycles. The SMILES string of the molecule is c1ccc2nc3ccc4c5ccccc5ccc4c3cc2c1. The summed E-state index contributed by atoms with van der Waals surface area (Å²) in [6.07, 6.45) is 0. The molecule has 1 heterocycles. The molecular formula is C21H13N. The van der Waals surface area contributed by atoms with Crippen molar-refractivity contribution in [2.24, 2.45) is 0 Å². The molecule has 5 aromatic rings. The molecule has 4 aromatic carbocycles. The molecule has 0 aliphatic rings. The van der Waals surface area contributed by atoms with E-state index in [1.165, 1.54) is 32.3 Å². The number of pyridine rings is 1. The van der Waals surface area contributed by atoms with Gasteiger partial charge >= 0.3 is 0 Å². The van der Waals surface area contributed by atoms with E-state index in [1.807, 2.05) is 6.07 Å². The van der Waals surface area contributed by atoms with Gasteiger partial charge in [-0.15, -0.1) is 0 Å². The lowest BCUT2D eigenvalue weighted by atomic mass is 9.98. The minimum Gasteiger partial charge on any atom is -0.248 e.